The molecule has 1 saturated heterocycles. The highest BCUT2D eigenvalue weighted by Crippen LogP contribution is 2.37. The molecule has 4 rings (SSSR count). The van der Waals surface area contributed by atoms with Gasteiger partial charge in [-0.05, 0) is 50.5 Å². The van der Waals surface area contributed by atoms with Gasteiger partial charge in [-0.1, -0.05) is 53.7 Å². The van der Waals surface area contributed by atoms with Gasteiger partial charge in [-0.15, -0.1) is 0 Å². The number of amides is 1. The number of hydrogen-bond acceptors (Lipinski definition) is 5. The number of aromatic nitrogens is 2. The average Bonchev–Trinajstić information content (AvgIpc) is 3.42. The molecule has 2 aromatic carbocycles. The Morgan fingerprint density at radius 3 is 2.76 bits per heavy atom. The quantitative estimate of drug-likeness (QED) is 0.408. The molecular formula is C25H28ClN3O3S. The Morgan fingerprint density at radius 2 is 2.09 bits per heavy atom. The summed E-state index contributed by atoms with van der Waals surface area (Å²) in [6.45, 7) is 5.62. The first-order chi connectivity index (χ1) is 16.0. The number of imidazole rings is 1. The number of thioether (sulfide) groups is 1. The van der Waals surface area contributed by atoms with E-state index in [-0.39, 0.29) is 12.0 Å². The lowest BCUT2D eigenvalue weighted by Gasteiger charge is -2.19. The third-order valence-electron chi connectivity index (χ3n) is 5.82. The van der Waals surface area contributed by atoms with E-state index in [9.17, 15) is 4.79 Å². The van der Waals surface area contributed by atoms with Gasteiger partial charge in [0.15, 0.2) is 5.16 Å². The molecule has 0 radical (unpaired) electrons. The highest BCUT2D eigenvalue weighted by molar-refractivity contribution is 8.00. The minimum absolute atomic E-state index is 0.144. The van der Waals surface area contributed by atoms with Crippen molar-refractivity contribution in [1.82, 2.24) is 9.55 Å². The Kier molecular flexibility index (Phi) is 7.63. The zero-order valence-electron chi connectivity index (χ0n) is 19.0. The molecule has 3 aromatic rings. The zero-order chi connectivity index (χ0) is 23.4. The first-order valence-electron chi connectivity index (χ1n) is 11.0. The third-order valence-corrected chi connectivity index (χ3v) is 7.36. The molecule has 174 valence electrons. The second kappa shape index (κ2) is 10.6. The van der Waals surface area contributed by atoms with Gasteiger partial charge in [0, 0.05) is 18.0 Å². The number of nitrogens with zero attached hydrogens (tertiary/aromatic N) is 2. The molecule has 33 heavy (non-hydrogen) atoms. The number of ether oxygens (including phenoxy) is 2. The van der Waals surface area contributed by atoms with Crippen LogP contribution in [0.3, 0.4) is 0 Å². The summed E-state index contributed by atoms with van der Waals surface area (Å²) in [5.41, 5.74) is 3.58. The lowest BCUT2D eigenvalue weighted by atomic mass is 10.1. The third kappa shape index (κ3) is 5.54. The molecule has 1 aliphatic heterocycles. The van der Waals surface area contributed by atoms with Gasteiger partial charge in [0.05, 0.1) is 30.5 Å². The summed E-state index contributed by atoms with van der Waals surface area (Å²) < 4.78 is 13.3. The number of anilines is 1. The molecular weight excluding hydrogens is 458 g/mol. The Balaban J connectivity index is 1.61. The Labute approximate surface area is 203 Å². The van der Waals surface area contributed by atoms with Crippen LogP contribution in [0.15, 0.2) is 53.7 Å². The highest BCUT2D eigenvalue weighted by Gasteiger charge is 2.27. The van der Waals surface area contributed by atoms with Crippen LogP contribution in [0.4, 0.5) is 5.69 Å². The average molecular weight is 486 g/mol. The first kappa shape index (κ1) is 23.7. The number of carbonyl (C=O) groups excluding carboxylic acids is 1. The number of benzene rings is 2. The van der Waals surface area contributed by atoms with Gasteiger partial charge in [0.25, 0.3) is 0 Å². The van der Waals surface area contributed by atoms with Crippen LogP contribution in [0.5, 0.6) is 5.75 Å². The topological polar surface area (TPSA) is 65.4 Å². The SMILES string of the molecule is COc1ccc(NC(=O)[C@@H](Sc2nc(C)c(C)n2C[C@@H]2CCCO2)c2ccccc2)cc1Cl. The maximum Gasteiger partial charge on any atom is 0.242 e. The van der Waals surface area contributed by atoms with Crippen LogP contribution < -0.4 is 10.1 Å². The van der Waals surface area contributed by atoms with Crippen LogP contribution in [0.2, 0.25) is 5.02 Å². The van der Waals surface area contributed by atoms with Gasteiger partial charge >= 0.3 is 0 Å². The minimum Gasteiger partial charge on any atom is -0.495 e. The molecule has 2 atom stereocenters. The maximum absolute atomic E-state index is 13.5. The monoisotopic (exact) mass is 485 g/mol. The summed E-state index contributed by atoms with van der Waals surface area (Å²) in [7, 11) is 1.56. The number of rotatable bonds is 8. The van der Waals surface area contributed by atoms with E-state index < -0.39 is 5.25 Å². The Hall–Kier alpha value is -2.48. The van der Waals surface area contributed by atoms with Gasteiger partial charge < -0.3 is 19.4 Å². The summed E-state index contributed by atoms with van der Waals surface area (Å²) >= 11 is 7.71. The van der Waals surface area contributed by atoms with E-state index in [1.54, 1.807) is 25.3 Å². The van der Waals surface area contributed by atoms with Crippen molar-refractivity contribution in [2.24, 2.45) is 0 Å². The number of hydrogen-bond donors (Lipinski definition) is 1. The lowest BCUT2D eigenvalue weighted by molar-refractivity contribution is -0.115. The number of carbonyl (C=O) groups is 1. The van der Waals surface area contributed by atoms with Crippen LogP contribution in [-0.4, -0.2) is 35.3 Å². The van der Waals surface area contributed by atoms with Crippen molar-refractivity contribution in [3.8, 4) is 5.75 Å². The largest absolute Gasteiger partial charge is 0.495 e. The van der Waals surface area contributed by atoms with Crippen LogP contribution in [-0.2, 0) is 16.1 Å². The predicted molar refractivity (Wildman–Crippen MR) is 132 cm³/mol. The fraction of sp³-hybridized carbons (Fsp3) is 0.360. The summed E-state index contributed by atoms with van der Waals surface area (Å²) in [5.74, 6) is 0.417. The molecule has 6 nitrogen and oxygen atoms in total. The predicted octanol–water partition coefficient (Wildman–Crippen LogP) is 5.81. The summed E-state index contributed by atoms with van der Waals surface area (Å²) in [5, 5.41) is 3.78. The summed E-state index contributed by atoms with van der Waals surface area (Å²) in [6, 6.07) is 15.0. The van der Waals surface area contributed by atoms with Crippen molar-refractivity contribution >= 4 is 35.0 Å². The summed E-state index contributed by atoms with van der Waals surface area (Å²) in [6.07, 6.45) is 2.31. The van der Waals surface area contributed by atoms with Crippen LogP contribution in [0.1, 0.15) is 35.0 Å². The normalized spacial score (nSPS) is 16.5. The van der Waals surface area contributed by atoms with Crippen molar-refractivity contribution < 1.29 is 14.3 Å². The first-order valence-corrected chi connectivity index (χ1v) is 12.2. The van der Waals surface area contributed by atoms with Gasteiger partial charge in [-0.2, -0.15) is 0 Å². The summed E-state index contributed by atoms with van der Waals surface area (Å²) in [4.78, 5) is 18.3. The van der Waals surface area contributed by atoms with Crippen molar-refractivity contribution in [1.29, 1.82) is 0 Å². The number of halogens is 1. The molecule has 1 aliphatic rings. The number of methoxy groups -OCH3 is 1. The van der Waals surface area contributed by atoms with Crippen molar-refractivity contribution in [3.05, 3.63) is 70.5 Å². The van der Waals surface area contributed by atoms with Crippen LogP contribution >= 0.6 is 23.4 Å². The standard InChI is InChI=1S/C25H28ClN3O3S/c1-16-17(2)29(15-20-10-7-13-32-20)25(27-16)33-23(18-8-5-4-6-9-18)24(30)28-19-11-12-22(31-3)21(26)14-19/h4-6,8-9,11-12,14,20,23H,7,10,13,15H2,1-3H3,(H,28,30)/t20-,23-/m0/s1. The van der Waals surface area contributed by atoms with Gasteiger partial charge in [0.1, 0.15) is 11.0 Å². The fourth-order valence-electron chi connectivity index (χ4n) is 3.88. The van der Waals surface area contributed by atoms with Crippen molar-refractivity contribution in [2.75, 3.05) is 19.0 Å². The van der Waals surface area contributed by atoms with E-state index in [2.05, 4.69) is 16.8 Å². The minimum atomic E-state index is -0.489. The second-order valence-corrected chi connectivity index (χ2v) is 9.54. The molecule has 1 aromatic heterocycles. The molecule has 0 bridgehead atoms. The second-order valence-electron chi connectivity index (χ2n) is 8.06. The zero-order valence-corrected chi connectivity index (χ0v) is 20.6. The highest BCUT2D eigenvalue weighted by atomic mass is 35.5. The van der Waals surface area contributed by atoms with E-state index in [1.165, 1.54) is 11.8 Å². The lowest BCUT2D eigenvalue weighted by Crippen LogP contribution is -2.21. The van der Waals surface area contributed by atoms with Crippen LogP contribution in [0, 0.1) is 13.8 Å². The Morgan fingerprint density at radius 1 is 1.30 bits per heavy atom. The molecule has 0 spiro atoms. The smallest absolute Gasteiger partial charge is 0.242 e. The molecule has 1 amide bonds. The van der Waals surface area contributed by atoms with E-state index in [0.717, 1.165) is 48.1 Å². The molecule has 0 aliphatic carbocycles. The Bertz CT molecular complexity index is 1110. The maximum atomic E-state index is 13.5. The number of nitrogens with one attached hydrogen (secondary N) is 1. The molecule has 0 saturated carbocycles. The molecule has 8 heteroatoms. The molecule has 0 unspecified atom stereocenters. The van der Waals surface area contributed by atoms with E-state index in [1.807, 2.05) is 37.3 Å². The molecule has 2 heterocycles. The van der Waals surface area contributed by atoms with E-state index in [4.69, 9.17) is 26.1 Å². The van der Waals surface area contributed by atoms with Gasteiger partial charge in [-0.3, -0.25) is 4.79 Å². The van der Waals surface area contributed by atoms with E-state index in [0.29, 0.717) is 16.5 Å². The van der Waals surface area contributed by atoms with Crippen molar-refractivity contribution in [2.45, 2.75) is 49.7 Å². The van der Waals surface area contributed by atoms with Crippen molar-refractivity contribution in [3.63, 3.8) is 0 Å². The molecule has 1 N–H and O–H groups in total. The van der Waals surface area contributed by atoms with E-state index >= 15 is 0 Å². The van der Waals surface area contributed by atoms with Gasteiger partial charge in [0.2, 0.25) is 5.91 Å². The number of aryl methyl sites for hydroxylation is 1. The van der Waals surface area contributed by atoms with Crippen LogP contribution in [0.25, 0.3) is 0 Å². The fourth-order valence-corrected chi connectivity index (χ4v) is 5.33. The van der Waals surface area contributed by atoms with Gasteiger partial charge in [-0.25, -0.2) is 4.98 Å². The molecule has 1 fully saturated rings.